The minimum atomic E-state index is -0.523. The average molecular weight is 256 g/mol. The van der Waals surface area contributed by atoms with Crippen molar-refractivity contribution in [3.63, 3.8) is 0 Å². The summed E-state index contributed by atoms with van der Waals surface area (Å²) in [6, 6.07) is 0. The number of hydrogen-bond acceptors (Lipinski definition) is 5. The van der Waals surface area contributed by atoms with E-state index in [4.69, 9.17) is 5.73 Å². The predicted octanol–water partition coefficient (Wildman–Crippen LogP) is 0.0785. The fourth-order valence-corrected chi connectivity index (χ4v) is 1.72. The molecule has 1 rings (SSSR count). The molecule has 17 heavy (non-hydrogen) atoms. The molecule has 0 aliphatic heterocycles. The van der Waals surface area contributed by atoms with Gasteiger partial charge in [-0.15, -0.1) is 0 Å². The number of aliphatic imine (C=N–C) groups is 1. The van der Waals surface area contributed by atoms with Crippen LogP contribution in [0.3, 0.4) is 0 Å². The number of rotatable bonds is 3. The molecule has 0 fully saturated rings. The topological polar surface area (TPSA) is 82.4 Å². The number of thiol groups is 1. The summed E-state index contributed by atoms with van der Waals surface area (Å²) in [5, 5.41) is 0. The highest BCUT2D eigenvalue weighted by Gasteiger charge is 2.11. The molecule has 0 saturated carbocycles. The molecule has 0 spiro atoms. The first-order chi connectivity index (χ1) is 7.90. The Morgan fingerprint density at radius 1 is 1.35 bits per heavy atom. The second kappa shape index (κ2) is 5.22. The van der Waals surface area contributed by atoms with Crippen LogP contribution >= 0.6 is 12.6 Å². The molecule has 0 saturated heterocycles. The van der Waals surface area contributed by atoms with Gasteiger partial charge in [0, 0.05) is 19.8 Å². The van der Waals surface area contributed by atoms with Gasteiger partial charge in [0.15, 0.2) is 5.82 Å². The van der Waals surface area contributed by atoms with Gasteiger partial charge >= 0.3 is 5.69 Å². The molecule has 0 aromatic carbocycles. The summed E-state index contributed by atoms with van der Waals surface area (Å²) >= 11 is 4.09. The smallest absolute Gasteiger partial charge is 0.332 e. The molecule has 0 amide bonds. The Labute approximate surface area is 104 Å². The van der Waals surface area contributed by atoms with Crippen molar-refractivity contribution in [2.75, 3.05) is 11.5 Å². The number of anilines is 1. The number of aromatic nitrogens is 2. The maximum atomic E-state index is 11.7. The van der Waals surface area contributed by atoms with Gasteiger partial charge in [0.1, 0.15) is 5.69 Å². The minimum Gasteiger partial charge on any atom is -0.391 e. The molecular weight excluding hydrogens is 240 g/mol. The van der Waals surface area contributed by atoms with Gasteiger partial charge in [0.25, 0.3) is 5.56 Å². The molecule has 0 aliphatic carbocycles. The van der Waals surface area contributed by atoms with Crippen LogP contribution in [0.1, 0.15) is 13.3 Å². The van der Waals surface area contributed by atoms with Gasteiger partial charge in [0.05, 0.1) is 0 Å². The number of hydrogen-bond donors (Lipinski definition) is 2. The summed E-state index contributed by atoms with van der Waals surface area (Å²) in [4.78, 5) is 27.5. The summed E-state index contributed by atoms with van der Waals surface area (Å²) in [7, 11) is 2.92. The largest absolute Gasteiger partial charge is 0.391 e. The van der Waals surface area contributed by atoms with Gasteiger partial charge in [-0.2, -0.15) is 12.6 Å². The summed E-state index contributed by atoms with van der Waals surface area (Å²) in [5.41, 5.74) is 5.47. The molecule has 1 heterocycles. The SMILES string of the molecule is C/C(CCS)=N\c1c(N)c(=O)n(C)c(=O)n1C. The second-order valence-electron chi connectivity index (χ2n) is 3.76. The standard InChI is InChI=1S/C10H16N4O2S/c1-6(4-5-17)12-8-7(11)9(15)14(3)10(16)13(8)2/h17H,4-5,11H2,1-3H3/b12-6+. The molecule has 1 aromatic heterocycles. The van der Waals surface area contributed by atoms with Gasteiger partial charge in [0.2, 0.25) is 0 Å². The Kier molecular flexibility index (Phi) is 4.17. The fourth-order valence-electron chi connectivity index (χ4n) is 1.39. The lowest BCUT2D eigenvalue weighted by molar-refractivity contribution is 0.692. The lowest BCUT2D eigenvalue weighted by Crippen LogP contribution is -2.38. The molecule has 6 nitrogen and oxygen atoms in total. The van der Waals surface area contributed by atoms with Crippen LogP contribution in [-0.4, -0.2) is 20.6 Å². The Morgan fingerprint density at radius 2 is 1.94 bits per heavy atom. The quantitative estimate of drug-likeness (QED) is 0.593. The van der Waals surface area contributed by atoms with E-state index in [-0.39, 0.29) is 11.5 Å². The van der Waals surface area contributed by atoms with Crippen LogP contribution in [0.25, 0.3) is 0 Å². The van der Waals surface area contributed by atoms with Gasteiger partial charge in [-0.05, 0) is 19.1 Å². The molecule has 0 atom stereocenters. The van der Waals surface area contributed by atoms with Crippen molar-refractivity contribution in [1.29, 1.82) is 0 Å². The van der Waals surface area contributed by atoms with E-state index in [0.29, 0.717) is 12.2 Å². The Hall–Kier alpha value is -1.50. The number of nitrogens with zero attached hydrogens (tertiary/aromatic N) is 3. The van der Waals surface area contributed by atoms with Crippen LogP contribution in [0.2, 0.25) is 0 Å². The van der Waals surface area contributed by atoms with Gasteiger partial charge in [-0.25, -0.2) is 9.79 Å². The van der Waals surface area contributed by atoms with Crippen LogP contribution in [0.15, 0.2) is 14.6 Å². The zero-order chi connectivity index (χ0) is 13.2. The first kappa shape index (κ1) is 13.6. The predicted molar refractivity (Wildman–Crippen MR) is 72.6 cm³/mol. The first-order valence-corrected chi connectivity index (χ1v) is 5.74. The zero-order valence-electron chi connectivity index (χ0n) is 10.1. The van der Waals surface area contributed by atoms with Gasteiger partial charge in [-0.1, -0.05) is 0 Å². The molecule has 94 valence electrons. The summed E-state index contributed by atoms with van der Waals surface area (Å²) in [6.07, 6.45) is 0.673. The highest BCUT2D eigenvalue weighted by molar-refractivity contribution is 7.80. The van der Waals surface area contributed by atoms with Crippen molar-refractivity contribution >= 4 is 29.8 Å². The Bertz CT molecular complexity index is 534. The van der Waals surface area contributed by atoms with Crippen LogP contribution in [0.4, 0.5) is 11.5 Å². The Balaban J connectivity index is 3.51. The summed E-state index contributed by atoms with van der Waals surface area (Å²) in [6.45, 7) is 1.80. The van der Waals surface area contributed by atoms with Gasteiger partial charge in [-0.3, -0.25) is 13.9 Å². The first-order valence-electron chi connectivity index (χ1n) is 5.10. The van der Waals surface area contributed by atoms with E-state index >= 15 is 0 Å². The van der Waals surface area contributed by atoms with Crippen molar-refractivity contribution in [3.8, 4) is 0 Å². The van der Waals surface area contributed by atoms with Crippen LogP contribution in [0.5, 0.6) is 0 Å². The van der Waals surface area contributed by atoms with Crippen LogP contribution in [0, 0.1) is 0 Å². The molecular formula is C10H16N4O2S. The molecule has 7 heteroatoms. The normalized spacial score (nSPS) is 11.9. The third-order valence-corrected chi connectivity index (χ3v) is 2.66. The van der Waals surface area contributed by atoms with Crippen LogP contribution in [-0.2, 0) is 14.1 Å². The third kappa shape index (κ3) is 2.60. The molecule has 1 aromatic rings. The van der Waals surface area contributed by atoms with E-state index in [1.807, 2.05) is 0 Å². The van der Waals surface area contributed by atoms with Crippen molar-refractivity contribution in [2.45, 2.75) is 13.3 Å². The second-order valence-corrected chi connectivity index (χ2v) is 4.21. The lowest BCUT2D eigenvalue weighted by Gasteiger charge is -2.09. The monoisotopic (exact) mass is 256 g/mol. The van der Waals surface area contributed by atoms with E-state index in [2.05, 4.69) is 17.6 Å². The minimum absolute atomic E-state index is 0.0203. The van der Waals surface area contributed by atoms with Gasteiger partial charge < -0.3 is 5.73 Å². The molecule has 0 bridgehead atoms. The molecule has 0 radical (unpaired) electrons. The maximum Gasteiger partial charge on any atom is 0.332 e. The van der Waals surface area contributed by atoms with E-state index in [0.717, 1.165) is 10.3 Å². The van der Waals surface area contributed by atoms with E-state index in [1.54, 1.807) is 6.92 Å². The maximum absolute atomic E-state index is 11.7. The zero-order valence-corrected chi connectivity index (χ0v) is 11.0. The Morgan fingerprint density at radius 3 is 2.47 bits per heavy atom. The van der Waals surface area contributed by atoms with E-state index in [1.165, 1.54) is 18.7 Å². The number of nitrogen functional groups attached to an aromatic ring is 1. The fraction of sp³-hybridized carbons (Fsp3) is 0.500. The summed E-state index contributed by atoms with van der Waals surface area (Å²) in [5.74, 6) is 0.853. The van der Waals surface area contributed by atoms with E-state index in [9.17, 15) is 9.59 Å². The molecule has 0 unspecified atom stereocenters. The van der Waals surface area contributed by atoms with Crippen molar-refractivity contribution in [3.05, 3.63) is 20.8 Å². The number of nitrogens with two attached hydrogens (primary N) is 1. The highest BCUT2D eigenvalue weighted by atomic mass is 32.1. The third-order valence-electron chi connectivity index (χ3n) is 2.44. The van der Waals surface area contributed by atoms with Crippen molar-refractivity contribution in [2.24, 2.45) is 19.1 Å². The van der Waals surface area contributed by atoms with Crippen LogP contribution < -0.4 is 17.0 Å². The molecule has 2 N–H and O–H groups in total. The molecule has 0 aliphatic rings. The van der Waals surface area contributed by atoms with E-state index < -0.39 is 11.2 Å². The van der Waals surface area contributed by atoms with Crippen molar-refractivity contribution in [1.82, 2.24) is 9.13 Å². The summed E-state index contributed by atoms with van der Waals surface area (Å²) < 4.78 is 2.22. The highest BCUT2D eigenvalue weighted by Crippen LogP contribution is 2.15. The lowest BCUT2D eigenvalue weighted by atomic mass is 10.3. The average Bonchev–Trinajstić information content (AvgIpc) is 2.30. The van der Waals surface area contributed by atoms with Crippen molar-refractivity contribution < 1.29 is 0 Å².